The SMILES string of the molecule is CCCNc1ccc2c(F)c(F)cc(F)c2n1. The summed E-state index contributed by atoms with van der Waals surface area (Å²) >= 11 is 0. The molecule has 0 fully saturated rings. The van der Waals surface area contributed by atoms with Crippen molar-refractivity contribution >= 4 is 16.7 Å². The number of hydrogen-bond donors (Lipinski definition) is 1. The summed E-state index contributed by atoms with van der Waals surface area (Å²) in [6, 6.07) is 3.33. The van der Waals surface area contributed by atoms with Crippen LogP contribution >= 0.6 is 0 Å². The zero-order valence-electron chi connectivity index (χ0n) is 9.23. The van der Waals surface area contributed by atoms with Gasteiger partial charge in [0.25, 0.3) is 0 Å². The Kier molecular flexibility index (Phi) is 3.17. The van der Waals surface area contributed by atoms with E-state index < -0.39 is 17.5 Å². The van der Waals surface area contributed by atoms with Crippen molar-refractivity contribution in [1.29, 1.82) is 0 Å². The molecule has 5 heteroatoms. The molecule has 1 N–H and O–H groups in total. The third-order valence-electron chi connectivity index (χ3n) is 2.38. The zero-order chi connectivity index (χ0) is 12.4. The Morgan fingerprint density at radius 2 is 1.94 bits per heavy atom. The van der Waals surface area contributed by atoms with Crippen LogP contribution in [0.25, 0.3) is 10.9 Å². The van der Waals surface area contributed by atoms with E-state index in [1.165, 1.54) is 12.1 Å². The van der Waals surface area contributed by atoms with Crippen LogP contribution in [0.3, 0.4) is 0 Å². The summed E-state index contributed by atoms with van der Waals surface area (Å²) in [6.45, 7) is 2.66. The lowest BCUT2D eigenvalue weighted by atomic mass is 10.2. The Morgan fingerprint density at radius 1 is 1.18 bits per heavy atom. The van der Waals surface area contributed by atoms with Crippen LogP contribution < -0.4 is 5.32 Å². The minimum atomic E-state index is -1.20. The third-order valence-corrected chi connectivity index (χ3v) is 2.38. The highest BCUT2D eigenvalue weighted by Gasteiger charge is 2.13. The van der Waals surface area contributed by atoms with E-state index in [-0.39, 0.29) is 10.9 Å². The van der Waals surface area contributed by atoms with Crippen molar-refractivity contribution in [2.75, 3.05) is 11.9 Å². The van der Waals surface area contributed by atoms with Crippen molar-refractivity contribution in [2.45, 2.75) is 13.3 Å². The van der Waals surface area contributed by atoms with Gasteiger partial charge in [-0.15, -0.1) is 0 Å². The number of aromatic nitrogens is 1. The van der Waals surface area contributed by atoms with Crippen molar-refractivity contribution in [1.82, 2.24) is 4.98 Å². The number of halogens is 3. The van der Waals surface area contributed by atoms with Gasteiger partial charge in [0.2, 0.25) is 0 Å². The number of benzene rings is 1. The van der Waals surface area contributed by atoms with E-state index >= 15 is 0 Å². The van der Waals surface area contributed by atoms with Crippen LogP contribution in [0.1, 0.15) is 13.3 Å². The van der Waals surface area contributed by atoms with Crippen LogP contribution in [0.5, 0.6) is 0 Å². The quantitative estimate of drug-likeness (QED) is 0.831. The first kappa shape index (κ1) is 11.7. The minimum Gasteiger partial charge on any atom is -0.370 e. The van der Waals surface area contributed by atoms with Crippen molar-refractivity contribution in [3.8, 4) is 0 Å². The maximum Gasteiger partial charge on any atom is 0.168 e. The van der Waals surface area contributed by atoms with Gasteiger partial charge >= 0.3 is 0 Å². The number of pyridine rings is 1. The first-order chi connectivity index (χ1) is 8.13. The van der Waals surface area contributed by atoms with Gasteiger partial charge in [0.15, 0.2) is 17.5 Å². The Morgan fingerprint density at radius 3 is 2.65 bits per heavy atom. The van der Waals surface area contributed by atoms with Gasteiger partial charge in [-0.2, -0.15) is 0 Å². The Balaban J connectivity index is 2.54. The molecule has 0 bridgehead atoms. The highest BCUT2D eigenvalue weighted by Crippen LogP contribution is 2.23. The lowest BCUT2D eigenvalue weighted by Crippen LogP contribution is -2.03. The second-order valence-corrected chi connectivity index (χ2v) is 3.67. The Bertz CT molecular complexity index is 555. The molecular formula is C12H11F3N2. The monoisotopic (exact) mass is 240 g/mol. The predicted octanol–water partition coefficient (Wildman–Crippen LogP) is 3.47. The molecule has 0 aliphatic rings. The van der Waals surface area contributed by atoms with Gasteiger partial charge in [0, 0.05) is 18.0 Å². The average molecular weight is 240 g/mol. The molecule has 1 aromatic carbocycles. The fourth-order valence-corrected chi connectivity index (χ4v) is 1.54. The molecule has 90 valence electrons. The molecule has 0 unspecified atom stereocenters. The van der Waals surface area contributed by atoms with E-state index in [9.17, 15) is 13.2 Å². The van der Waals surface area contributed by atoms with E-state index in [1.807, 2.05) is 6.92 Å². The van der Waals surface area contributed by atoms with Crippen LogP contribution in [-0.4, -0.2) is 11.5 Å². The minimum absolute atomic E-state index is 0.149. The van der Waals surface area contributed by atoms with E-state index in [2.05, 4.69) is 10.3 Å². The molecule has 1 aromatic heterocycles. The number of anilines is 1. The second-order valence-electron chi connectivity index (χ2n) is 3.67. The Labute approximate surface area is 96.5 Å². The largest absolute Gasteiger partial charge is 0.370 e. The molecule has 1 heterocycles. The van der Waals surface area contributed by atoms with Gasteiger partial charge in [-0.25, -0.2) is 18.2 Å². The number of rotatable bonds is 3. The van der Waals surface area contributed by atoms with E-state index in [0.29, 0.717) is 18.4 Å². The van der Waals surface area contributed by atoms with Gasteiger partial charge in [-0.1, -0.05) is 6.92 Å². The molecule has 0 aliphatic heterocycles. The summed E-state index contributed by atoms with van der Waals surface area (Å²) < 4.78 is 39.7. The molecule has 0 atom stereocenters. The molecule has 2 aromatic rings. The fraction of sp³-hybridized carbons (Fsp3) is 0.250. The van der Waals surface area contributed by atoms with Gasteiger partial charge in [-0.05, 0) is 18.6 Å². The maximum absolute atomic E-state index is 13.4. The lowest BCUT2D eigenvalue weighted by Gasteiger charge is -2.06. The van der Waals surface area contributed by atoms with Crippen LogP contribution in [0.2, 0.25) is 0 Å². The van der Waals surface area contributed by atoms with Crippen molar-refractivity contribution in [2.24, 2.45) is 0 Å². The molecule has 2 rings (SSSR count). The Hall–Kier alpha value is -1.78. The molecule has 2 nitrogen and oxygen atoms in total. The number of fused-ring (bicyclic) bond motifs is 1. The summed E-state index contributed by atoms with van der Waals surface area (Å²) in [4.78, 5) is 3.92. The van der Waals surface area contributed by atoms with E-state index in [0.717, 1.165) is 6.42 Å². The first-order valence-corrected chi connectivity index (χ1v) is 5.31. The summed E-state index contributed by atoms with van der Waals surface area (Å²) in [7, 11) is 0. The lowest BCUT2D eigenvalue weighted by molar-refractivity contribution is 0.505. The molecular weight excluding hydrogens is 229 g/mol. The van der Waals surface area contributed by atoms with Crippen molar-refractivity contribution < 1.29 is 13.2 Å². The van der Waals surface area contributed by atoms with Crippen LogP contribution in [0.4, 0.5) is 19.0 Å². The van der Waals surface area contributed by atoms with E-state index in [4.69, 9.17) is 0 Å². The summed E-state index contributed by atoms with van der Waals surface area (Å²) in [5.74, 6) is -2.69. The fourth-order valence-electron chi connectivity index (χ4n) is 1.54. The highest BCUT2D eigenvalue weighted by atomic mass is 19.2. The summed E-state index contributed by atoms with van der Waals surface area (Å²) in [5.41, 5.74) is -0.162. The van der Waals surface area contributed by atoms with Crippen LogP contribution in [-0.2, 0) is 0 Å². The number of nitrogens with zero attached hydrogens (tertiary/aromatic N) is 1. The molecule has 0 amide bonds. The maximum atomic E-state index is 13.4. The third kappa shape index (κ3) is 2.18. The van der Waals surface area contributed by atoms with Crippen LogP contribution in [0, 0.1) is 17.5 Å². The van der Waals surface area contributed by atoms with Crippen LogP contribution in [0.15, 0.2) is 18.2 Å². The van der Waals surface area contributed by atoms with Gasteiger partial charge < -0.3 is 5.32 Å². The van der Waals surface area contributed by atoms with Crippen molar-refractivity contribution in [3.05, 3.63) is 35.7 Å². The topological polar surface area (TPSA) is 24.9 Å². The van der Waals surface area contributed by atoms with Gasteiger partial charge in [-0.3, -0.25) is 0 Å². The van der Waals surface area contributed by atoms with Gasteiger partial charge in [0.1, 0.15) is 11.3 Å². The standard InChI is InChI=1S/C12H11F3N2/c1-2-5-16-10-4-3-7-11(15)8(13)6-9(14)12(7)17-10/h3-4,6H,2,5H2,1H3,(H,16,17). The summed E-state index contributed by atoms with van der Waals surface area (Å²) in [5, 5.41) is 2.81. The molecule has 0 saturated heterocycles. The average Bonchev–Trinajstić information content (AvgIpc) is 2.33. The molecule has 0 aliphatic carbocycles. The zero-order valence-corrected chi connectivity index (χ0v) is 9.23. The van der Waals surface area contributed by atoms with Crippen molar-refractivity contribution in [3.63, 3.8) is 0 Å². The predicted molar refractivity (Wildman–Crippen MR) is 60.4 cm³/mol. The normalized spacial score (nSPS) is 10.8. The smallest absolute Gasteiger partial charge is 0.168 e. The molecule has 17 heavy (non-hydrogen) atoms. The highest BCUT2D eigenvalue weighted by molar-refractivity contribution is 5.81. The number of hydrogen-bond acceptors (Lipinski definition) is 2. The first-order valence-electron chi connectivity index (χ1n) is 5.31. The van der Waals surface area contributed by atoms with Gasteiger partial charge in [0.05, 0.1) is 0 Å². The number of nitrogens with one attached hydrogen (secondary N) is 1. The van der Waals surface area contributed by atoms with E-state index in [1.54, 1.807) is 0 Å². The molecule has 0 radical (unpaired) electrons. The molecule has 0 spiro atoms. The molecule has 0 saturated carbocycles. The second kappa shape index (κ2) is 4.61. The summed E-state index contributed by atoms with van der Waals surface area (Å²) in [6.07, 6.45) is 0.889.